The Kier molecular flexibility index (Phi) is 5.21. The van der Waals surface area contributed by atoms with Gasteiger partial charge in [0.2, 0.25) is 0 Å². The van der Waals surface area contributed by atoms with Crippen molar-refractivity contribution >= 4 is 50.9 Å². The zero-order valence-electron chi connectivity index (χ0n) is 12.4. The fourth-order valence-corrected chi connectivity index (χ4v) is 4.95. The minimum absolute atomic E-state index is 0.203. The number of ether oxygens (including phenoxy) is 1. The average molecular weight is 357 g/mol. The van der Waals surface area contributed by atoms with Gasteiger partial charge < -0.3 is 4.74 Å². The first-order chi connectivity index (χ1) is 10.7. The summed E-state index contributed by atoms with van der Waals surface area (Å²) in [7, 11) is 0. The van der Waals surface area contributed by atoms with Gasteiger partial charge in [-0.15, -0.1) is 23.1 Å². The summed E-state index contributed by atoms with van der Waals surface area (Å²) in [5.41, 5.74) is 1.35. The summed E-state index contributed by atoms with van der Waals surface area (Å²) < 4.78 is 4.90. The molecule has 118 valence electrons. The molecule has 0 spiro atoms. The summed E-state index contributed by atoms with van der Waals surface area (Å²) in [6, 6.07) is 0. The van der Waals surface area contributed by atoms with Crippen LogP contribution < -0.4 is 0 Å². The van der Waals surface area contributed by atoms with Crippen LogP contribution in [0.1, 0.15) is 36.0 Å². The highest BCUT2D eigenvalue weighted by Crippen LogP contribution is 2.38. The SMILES string of the molecule is CCOC(=O)CSCc1nc(Cl)c2c3c(sc2n1)CCCC3. The van der Waals surface area contributed by atoms with E-state index >= 15 is 0 Å². The molecule has 0 N–H and O–H groups in total. The monoisotopic (exact) mass is 356 g/mol. The summed E-state index contributed by atoms with van der Waals surface area (Å²) in [6.07, 6.45) is 4.66. The fourth-order valence-electron chi connectivity index (χ4n) is 2.65. The van der Waals surface area contributed by atoms with Crippen LogP contribution in [0.25, 0.3) is 10.2 Å². The number of carbonyl (C=O) groups excluding carboxylic acids is 1. The van der Waals surface area contributed by atoms with Gasteiger partial charge in [0, 0.05) is 4.88 Å². The van der Waals surface area contributed by atoms with Gasteiger partial charge in [0.25, 0.3) is 0 Å². The smallest absolute Gasteiger partial charge is 0.315 e. The molecule has 0 bridgehead atoms. The predicted molar refractivity (Wildman–Crippen MR) is 91.9 cm³/mol. The highest BCUT2D eigenvalue weighted by atomic mass is 35.5. The highest BCUT2D eigenvalue weighted by Gasteiger charge is 2.20. The van der Waals surface area contributed by atoms with Gasteiger partial charge in [0.05, 0.1) is 23.5 Å². The third-order valence-corrected chi connectivity index (χ3v) is 5.93. The number of nitrogens with zero attached hydrogens (tertiary/aromatic N) is 2. The molecule has 0 aromatic carbocycles. The number of esters is 1. The molecule has 1 aliphatic rings. The van der Waals surface area contributed by atoms with Gasteiger partial charge in [-0.1, -0.05) is 11.6 Å². The molecule has 7 heteroatoms. The van der Waals surface area contributed by atoms with Crippen LogP contribution in [0.15, 0.2) is 0 Å². The number of aryl methyl sites for hydroxylation is 2. The fraction of sp³-hybridized carbons (Fsp3) is 0.533. The minimum atomic E-state index is -0.203. The molecule has 1 aliphatic carbocycles. The van der Waals surface area contributed by atoms with Crippen molar-refractivity contribution in [3.8, 4) is 0 Å². The number of carbonyl (C=O) groups is 1. The van der Waals surface area contributed by atoms with E-state index < -0.39 is 0 Å². The summed E-state index contributed by atoms with van der Waals surface area (Å²) >= 11 is 9.58. The van der Waals surface area contributed by atoms with Crippen molar-refractivity contribution in [3.63, 3.8) is 0 Å². The number of hydrogen-bond donors (Lipinski definition) is 0. The van der Waals surface area contributed by atoms with Crippen molar-refractivity contribution in [2.24, 2.45) is 0 Å². The van der Waals surface area contributed by atoms with E-state index in [0.29, 0.717) is 29.1 Å². The molecule has 0 fully saturated rings. The van der Waals surface area contributed by atoms with Crippen LogP contribution >= 0.6 is 34.7 Å². The van der Waals surface area contributed by atoms with Gasteiger partial charge in [0.15, 0.2) is 0 Å². The Labute approximate surface area is 142 Å². The van der Waals surface area contributed by atoms with Crippen LogP contribution in [-0.4, -0.2) is 28.3 Å². The lowest BCUT2D eigenvalue weighted by Gasteiger charge is -2.10. The maximum Gasteiger partial charge on any atom is 0.315 e. The maximum absolute atomic E-state index is 11.3. The van der Waals surface area contributed by atoms with Crippen LogP contribution in [0.3, 0.4) is 0 Å². The number of rotatable bonds is 5. The first-order valence-corrected chi connectivity index (χ1v) is 9.74. The van der Waals surface area contributed by atoms with Crippen LogP contribution in [0, 0.1) is 0 Å². The molecular formula is C15H17ClN2O2S2. The minimum Gasteiger partial charge on any atom is -0.465 e. The average Bonchev–Trinajstić information content (AvgIpc) is 2.86. The van der Waals surface area contributed by atoms with E-state index in [-0.39, 0.29) is 5.97 Å². The molecule has 22 heavy (non-hydrogen) atoms. The predicted octanol–water partition coefficient (Wildman–Crippen LogP) is 4.02. The Morgan fingerprint density at radius 3 is 3.00 bits per heavy atom. The van der Waals surface area contributed by atoms with Gasteiger partial charge in [0.1, 0.15) is 15.8 Å². The van der Waals surface area contributed by atoms with E-state index in [1.807, 2.05) is 0 Å². The largest absolute Gasteiger partial charge is 0.465 e. The molecular weight excluding hydrogens is 340 g/mol. The van der Waals surface area contributed by atoms with Crippen LogP contribution in [0.5, 0.6) is 0 Å². The molecule has 0 unspecified atom stereocenters. The molecule has 0 saturated carbocycles. The van der Waals surface area contributed by atoms with Crippen LogP contribution in [-0.2, 0) is 28.1 Å². The van der Waals surface area contributed by atoms with E-state index in [0.717, 1.165) is 23.1 Å². The van der Waals surface area contributed by atoms with Gasteiger partial charge >= 0.3 is 5.97 Å². The van der Waals surface area contributed by atoms with E-state index in [2.05, 4.69) is 9.97 Å². The lowest BCUT2D eigenvalue weighted by atomic mass is 9.97. The molecule has 4 nitrogen and oxygen atoms in total. The molecule has 0 saturated heterocycles. The van der Waals surface area contributed by atoms with Gasteiger partial charge in [-0.3, -0.25) is 4.79 Å². The first kappa shape index (κ1) is 16.0. The summed E-state index contributed by atoms with van der Waals surface area (Å²) in [5, 5.41) is 1.59. The topological polar surface area (TPSA) is 52.1 Å². The summed E-state index contributed by atoms with van der Waals surface area (Å²) in [6.45, 7) is 2.21. The maximum atomic E-state index is 11.3. The van der Waals surface area contributed by atoms with Crippen molar-refractivity contribution < 1.29 is 9.53 Å². The Balaban J connectivity index is 1.76. The van der Waals surface area contributed by atoms with E-state index in [9.17, 15) is 4.79 Å². The number of thioether (sulfide) groups is 1. The van der Waals surface area contributed by atoms with Crippen molar-refractivity contribution in [2.45, 2.75) is 38.4 Å². The number of halogens is 1. The third kappa shape index (κ3) is 3.39. The van der Waals surface area contributed by atoms with Crippen LogP contribution in [0.2, 0.25) is 5.15 Å². The van der Waals surface area contributed by atoms with Gasteiger partial charge in [-0.05, 0) is 38.2 Å². The zero-order chi connectivity index (χ0) is 15.5. The second-order valence-electron chi connectivity index (χ2n) is 5.12. The molecule has 0 amide bonds. The van der Waals surface area contributed by atoms with E-state index in [1.165, 1.54) is 35.0 Å². The number of fused-ring (bicyclic) bond motifs is 3. The van der Waals surface area contributed by atoms with Crippen molar-refractivity contribution in [2.75, 3.05) is 12.4 Å². The normalized spacial score (nSPS) is 14.1. The second kappa shape index (κ2) is 7.15. The van der Waals surface area contributed by atoms with E-state index in [1.54, 1.807) is 18.3 Å². The lowest BCUT2D eigenvalue weighted by molar-refractivity contribution is -0.139. The van der Waals surface area contributed by atoms with Crippen molar-refractivity contribution in [1.82, 2.24) is 9.97 Å². The standard InChI is InChI=1S/C15H17ClN2O2S2/c1-2-20-12(19)8-21-7-11-17-14(16)13-9-5-3-4-6-10(9)22-15(13)18-11/h2-8H2,1H3. The van der Waals surface area contributed by atoms with Gasteiger partial charge in [-0.2, -0.15) is 0 Å². The quantitative estimate of drug-likeness (QED) is 0.598. The molecule has 2 aromatic heterocycles. The Morgan fingerprint density at radius 1 is 1.36 bits per heavy atom. The van der Waals surface area contributed by atoms with Crippen LogP contribution in [0.4, 0.5) is 0 Å². The zero-order valence-corrected chi connectivity index (χ0v) is 14.7. The molecule has 0 atom stereocenters. The van der Waals surface area contributed by atoms with E-state index in [4.69, 9.17) is 16.3 Å². The molecule has 2 aromatic rings. The Morgan fingerprint density at radius 2 is 2.18 bits per heavy atom. The molecule has 2 heterocycles. The number of hydrogen-bond acceptors (Lipinski definition) is 6. The number of aromatic nitrogens is 2. The number of thiophene rings is 1. The Bertz CT molecular complexity index is 702. The lowest BCUT2D eigenvalue weighted by Crippen LogP contribution is -2.07. The molecule has 0 aliphatic heterocycles. The van der Waals surface area contributed by atoms with Crippen molar-refractivity contribution in [3.05, 3.63) is 21.4 Å². The van der Waals surface area contributed by atoms with Gasteiger partial charge in [-0.25, -0.2) is 9.97 Å². The third-order valence-electron chi connectivity index (χ3n) is 3.57. The highest BCUT2D eigenvalue weighted by molar-refractivity contribution is 7.99. The molecule has 0 radical (unpaired) electrons. The summed E-state index contributed by atoms with van der Waals surface area (Å²) in [4.78, 5) is 22.8. The summed E-state index contributed by atoms with van der Waals surface area (Å²) in [5.74, 6) is 1.36. The second-order valence-corrected chi connectivity index (χ2v) is 7.55. The van der Waals surface area contributed by atoms with Crippen molar-refractivity contribution in [1.29, 1.82) is 0 Å². The Hall–Kier alpha value is -0.850. The first-order valence-electron chi connectivity index (χ1n) is 7.39. The molecule has 3 rings (SSSR count).